The van der Waals surface area contributed by atoms with E-state index in [1.807, 2.05) is 0 Å². The van der Waals surface area contributed by atoms with E-state index in [1.165, 1.54) is 70.6 Å². The molecule has 0 heterocycles. The molecule has 0 saturated heterocycles. The molecule has 0 unspecified atom stereocenters. The first kappa shape index (κ1) is 19.3. The molecule has 126 valence electrons. The average Bonchev–Trinajstić information content (AvgIpc) is 2.51. The first-order chi connectivity index (χ1) is 10.7. The minimum absolute atomic E-state index is 1.26. The third-order valence-electron chi connectivity index (χ3n) is 4.67. The molecule has 0 aliphatic rings. The van der Waals surface area contributed by atoms with E-state index >= 15 is 0 Å². The molecule has 0 aromatic heterocycles. The van der Waals surface area contributed by atoms with Crippen LogP contribution in [0, 0.1) is 0 Å². The molecular formula is C22H38. The van der Waals surface area contributed by atoms with Crippen LogP contribution in [0.5, 0.6) is 0 Å². The Hall–Kier alpha value is -0.780. The fraction of sp³-hybridized carbons (Fsp3) is 0.727. The van der Waals surface area contributed by atoms with Gasteiger partial charge in [0.1, 0.15) is 0 Å². The molecule has 0 aliphatic carbocycles. The highest BCUT2D eigenvalue weighted by Crippen LogP contribution is 2.29. The van der Waals surface area contributed by atoms with Gasteiger partial charge in [0.2, 0.25) is 0 Å². The van der Waals surface area contributed by atoms with Gasteiger partial charge in [-0.1, -0.05) is 72.8 Å². The van der Waals surface area contributed by atoms with Gasteiger partial charge in [0.05, 0.1) is 0 Å². The number of hydrogen-bond acceptors (Lipinski definition) is 0. The van der Waals surface area contributed by atoms with Crippen molar-refractivity contribution < 1.29 is 0 Å². The number of aryl methyl sites for hydroxylation is 2. The molecule has 0 radical (unpaired) electrons. The number of benzene rings is 1. The van der Waals surface area contributed by atoms with Crippen LogP contribution in [-0.2, 0) is 32.1 Å². The van der Waals surface area contributed by atoms with E-state index in [4.69, 9.17) is 0 Å². The third kappa shape index (κ3) is 5.14. The van der Waals surface area contributed by atoms with Gasteiger partial charge in [-0.05, 0) is 66.3 Å². The predicted molar refractivity (Wildman–Crippen MR) is 101 cm³/mol. The Morgan fingerprint density at radius 3 is 1.41 bits per heavy atom. The van der Waals surface area contributed by atoms with E-state index in [1.54, 1.807) is 27.8 Å². The lowest BCUT2D eigenvalue weighted by Crippen LogP contribution is -2.09. The van der Waals surface area contributed by atoms with E-state index in [2.05, 4.69) is 40.7 Å². The van der Waals surface area contributed by atoms with Crippen molar-refractivity contribution in [3.05, 3.63) is 33.9 Å². The standard InChI is InChI=1S/C22H38/c1-6-11-16-19-17-18(12-7-2)20(13-8-3)22(15-10-5)21(19)14-9-4/h17H,6-16H2,1-5H3. The maximum absolute atomic E-state index is 2.59. The molecule has 0 nitrogen and oxygen atoms in total. The van der Waals surface area contributed by atoms with Crippen molar-refractivity contribution in [2.75, 3.05) is 0 Å². The zero-order chi connectivity index (χ0) is 16.4. The molecule has 0 bridgehead atoms. The zero-order valence-electron chi connectivity index (χ0n) is 15.9. The monoisotopic (exact) mass is 302 g/mol. The van der Waals surface area contributed by atoms with Crippen LogP contribution < -0.4 is 0 Å². The van der Waals surface area contributed by atoms with Crippen LogP contribution in [0.4, 0.5) is 0 Å². The largest absolute Gasteiger partial charge is 0.0654 e. The molecule has 0 fully saturated rings. The Morgan fingerprint density at radius 1 is 0.500 bits per heavy atom. The number of rotatable bonds is 11. The summed E-state index contributed by atoms with van der Waals surface area (Å²) >= 11 is 0. The van der Waals surface area contributed by atoms with Gasteiger partial charge in [-0.25, -0.2) is 0 Å². The third-order valence-corrected chi connectivity index (χ3v) is 4.67. The van der Waals surface area contributed by atoms with Gasteiger partial charge in [-0.3, -0.25) is 0 Å². The first-order valence-corrected chi connectivity index (χ1v) is 9.88. The van der Waals surface area contributed by atoms with Crippen LogP contribution in [0.2, 0.25) is 0 Å². The fourth-order valence-corrected chi connectivity index (χ4v) is 3.71. The summed E-state index contributed by atoms with van der Waals surface area (Å²) in [6, 6.07) is 2.59. The SMILES string of the molecule is CCCCc1cc(CCC)c(CCC)c(CCC)c1CCC. The fourth-order valence-electron chi connectivity index (χ4n) is 3.71. The summed E-state index contributed by atoms with van der Waals surface area (Å²) in [4.78, 5) is 0. The second-order valence-corrected chi connectivity index (χ2v) is 6.73. The molecule has 0 heteroatoms. The van der Waals surface area contributed by atoms with E-state index < -0.39 is 0 Å². The topological polar surface area (TPSA) is 0 Å². The lowest BCUT2D eigenvalue weighted by Gasteiger charge is -2.22. The van der Waals surface area contributed by atoms with Crippen molar-refractivity contribution >= 4 is 0 Å². The Balaban J connectivity index is 3.41. The Labute approximate surface area is 139 Å². The molecule has 0 atom stereocenters. The molecule has 1 aromatic rings. The van der Waals surface area contributed by atoms with Crippen molar-refractivity contribution in [1.29, 1.82) is 0 Å². The van der Waals surface area contributed by atoms with Crippen LogP contribution in [0.1, 0.15) is 101 Å². The smallest absolute Gasteiger partial charge is 0.0276 e. The van der Waals surface area contributed by atoms with Crippen LogP contribution in [0.3, 0.4) is 0 Å². The van der Waals surface area contributed by atoms with Crippen molar-refractivity contribution in [3.63, 3.8) is 0 Å². The average molecular weight is 303 g/mol. The Morgan fingerprint density at radius 2 is 0.955 bits per heavy atom. The maximum atomic E-state index is 2.59. The molecule has 0 aliphatic heterocycles. The van der Waals surface area contributed by atoms with E-state index in [-0.39, 0.29) is 0 Å². The summed E-state index contributed by atoms with van der Waals surface area (Å²) in [5, 5.41) is 0. The van der Waals surface area contributed by atoms with Gasteiger partial charge in [-0.15, -0.1) is 0 Å². The van der Waals surface area contributed by atoms with Gasteiger partial charge in [0.15, 0.2) is 0 Å². The lowest BCUT2D eigenvalue weighted by molar-refractivity contribution is 0.754. The van der Waals surface area contributed by atoms with Gasteiger partial charge >= 0.3 is 0 Å². The summed E-state index contributed by atoms with van der Waals surface area (Å²) < 4.78 is 0. The molecule has 0 spiro atoms. The normalized spacial score (nSPS) is 11.1. The van der Waals surface area contributed by atoms with Crippen molar-refractivity contribution in [1.82, 2.24) is 0 Å². The molecule has 22 heavy (non-hydrogen) atoms. The highest BCUT2D eigenvalue weighted by molar-refractivity contribution is 5.47. The summed E-state index contributed by atoms with van der Waals surface area (Å²) in [6.07, 6.45) is 14.1. The van der Waals surface area contributed by atoms with Crippen LogP contribution in [0.15, 0.2) is 6.07 Å². The van der Waals surface area contributed by atoms with Crippen molar-refractivity contribution in [2.45, 2.75) is 105 Å². The Kier molecular flexibility index (Phi) is 9.52. The second kappa shape index (κ2) is 10.9. The second-order valence-electron chi connectivity index (χ2n) is 6.73. The highest BCUT2D eigenvalue weighted by Gasteiger charge is 2.16. The van der Waals surface area contributed by atoms with E-state index in [0.29, 0.717) is 0 Å². The van der Waals surface area contributed by atoms with E-state index in [9.17, 15) is 0 Å². The Bertz CT molecular complexity index is 428. The maximum Gasteiger partial charge on any atom is -0.0276 e. The molecular weight excluding hydrogens is 264 g/mol. The summed E-state index contributed by atoms with van der Waals surface area (Å²) in [5.74, 6) is 0. The predicted octanol–water partition coefficient (Wildman–Crippen LogP) is 6.84. The van der Waals surface area contributed by atoms with Gasteiger partial charge in [0, 0.05) is 0 Å². The zero-order valence-corrected chi connectivity index (χ0v) is 15.9. The summed E-state index contributed by atoms with van der Waals surface area (Å²) in [7, 11) is 0. The quantitative estimate of drug-likeness (QED) is 0.420. The molecule has 1 rings (SSSR count). The first-order valence-electron chi connectivity index (χ1n) is 9.88. The van der Waals surface area contributed by atoms with Crippen LogP contribution in [0.25, 0.3) is 0 Å². The lowest BCUT2D eigenvalue weighted by atomic mass is 9.83. The highest BCUT2D eigenvalue weighted by atomic mass is 14.2. The summed E-state index contributed by atoms with van der Waals surface area (Å²) in [5.41, 5.74) is 8.52. The molecule has 0 amide bonds. The number of hydrogen-bond donors (Lipinski definition) is 0. The summed E-state index contributed by atoms with van der Waals surface area (Å²) in [6.45, 7) is 11.6. The minimum atomic E-state index is 1.26. The minimum Gasteiger partial charge on any atom is -0.0654 e. The molecule has 0 N–H and O–H groups in total. The van der Waals surface area contributed by atoms with Gasteiger partial charge in [-0.2, -0.15) is 0 Å². The van der Waals surface area contributed by atoms with Crippen LogP contribution >= 0.6 is 0 Å². The van der Waals surface area contributed by atoms with Gasteiger partial charge < -0.3 is 0 Å². The molecule has 0 saturated carbocycles. The van der Waals surface area contributed by atoms with E-state index in [0.717, 1.165) is 0 Å². The van der Waals surface area contributed by atoms with Crippen molar-refractivity contribution in [2.24, 2.45) is 0 Å². The number of unbranched alkanes of at least 4 members (excludes halogenated alkanes) is 1. The van der Waals surface area contributed by atoms with Gasteiger partial charge in [0.25, 0.3) is 0 Å². The van der Waals surface area contributed by atoms with Crippen molar-refractivity contribution in [3.8, 4) is 0 Å². The van der Waals surface area contributed by atoms with Crippen LogP contribution in [-0.4, -0.2) is 0 Å². The molecule has 1 aromatic carbocycles.